The minimum absolute atomic E-state index is 0.0980. The zero-order chi connectivity index (χ0) is 28.8. The summed E-state index contributed by atoms with van der Waals surface area (Å²) in [6, 6.07) is 13.0. The van der Waals surface area contributed by atoms with Crippen LogP contribution in [0.3, 0.4) is 0 Å². The van der Waals surface area contributed by atoms with Crippen molar-refractivity contribution in [3.63, 3.8) is 0 Å². The molecule has 0 fully saturated rings. The molecule has 1 atom stereocenters. The van der Waals surface area contributed by atoms with E-state index in [-0.39, 0.29) is 18.4 Å². The predicted molar refractivity (Wildman–Crippen MR) is 163 cm³/mol. The first kappa shape index (κ1) is 27.2. The van der Waals surface area contributed by atoms with E-state index in [9.17, 15) is 4.79 Å². The Kier molecular flexibility index (Phi) is 7.13. The molecule has 0 aliphatic carbocycles. The molecule has 1 amide bonds. The van der Waals surface area contributed by atoms with Gasteiger partial charge in [0.2, 0.25) is 11.8 Å². The highest BCUT2D eigenvalue weighted by atomic mass is 35.5. The predicted octanol–water partition coefficient (Wildman–Crippen LogP) is 6.02. The van der Waals surface area contributed by atoms with Crippen molar-refractivity contribution >= 4 is 46.1 Å². The van der Waals surface area contributed by atoms with E-state index in [1.165, 1.54) is 4.88 Å². The van der Waals surface area contributed by atoms with Crippen LogP contribution in [0.25, 0.3) is 5.00 Å². The summed E-state index contributed by atoms with van der Waals surface area (Å²) in [6.07, 6.45) is 0.0980. The number of anilines is 1. The quantitative estimate of drug-likeness (QED) is 0.268. The third kappa shape index (κ3) is 5.13. The second-order valence-electron chi connectivity index (χ2n) is 10.5. The van der Waals surface area contributed by atoms with Gasteiger partial charge >= 0.3 is 0 Å². The second kappa shape index (κ2) is 10.8. The molecule has 4 heterocycles. The SMILES string of the molecule is Cc1sc2c(c1C)C(c1ccc(Cl)cc1)=N[C@@H](CC(=O)Nc1ccc3c(c1)CO/C3=N/NC(C)C)c1nnc(C)n1-2. The van der Waals surface area contributed by atoms with Crippen LogP contribution in [0, 0.1) is 20.8 Å². The van der Waals surface area contributed by atoms with Crippen molar-refractivity contribution in [2.45, 2.75) is 59.7 Å². The summed E-state index contributed by atoms with van der Waals surface area (Å²) < 4.78 is 7.79. The van der Waals surface area contributed by atoms with E-state index in [2.05, 4.69) is 39.9 Å². The topological polar surface area (TPSA) is 106 Å². The van der Waals surface area contributed by atoms with Crippen LogP contribution >= 0.6 is 22.9 Å². The first-order valence-corrected chi connectivity index (χ1v) is 14.6. The lowest BCUT2D eigenvalue weighted by Gasteiger charge is -2.13. The number of aryl methyl sites for hydroxylation is 2. The number of rotatable bonds is 6. The van der Waals surface area contributed by atoms with Gasteiger partial charge < -0.3 is 15.5 Å². The van der Waals surface area contributed by atoms with Crippen LogP contribution in [0.5, 0.6) is 0 Å². The third-order valence-corrected chi connectivity index (χ3v) is 8.59. The minimum Gasteiger partial charge on any atom is -0.471 e. The van der Waals surface area contributed by atoms with Crippen LogP contribution in [0.2, 0.25) is 5.02 Å². The van der Waals surface area contributed by atoms with Gasteiger partial charge in [0.15, 0.2) is 5.82 Å². The van der Waals surface area contributed by atoms with Crippen molar-refractivity contribution in [3.05, 3.63) is 91.8 Å². The van der Waals surface area contributed by atoms with Gasteiger partial charge in [-0.3, -0.25) is 14.4 Å². The molecule has 6 rings (SSSR count). The van der Waals surface area contributed by atoms with E-state index < -0.39 is 6.04 Å². The van der Waals surface area contributed by atoms with E-state index in [1.807, 2.05) is 67.8 Å². The maximum Gasteiger partial charge on any atom is 0.238 e. The minimum atomic E-state index is -0.542. The smallest absolute Gasteiger partial charge is 0.238 e. The number of hydrogen-bond donors (Lipinski definition) is 2. The summed E-state index contributed by atoms with van der Waals surface area (Å²) in [5.74, 6) is 1.78. The number of nitrogens with zero attached hydrogens (tertiary/aromatic N) is 5. The third-order valence-electron chi connectivity index (χ3n) is 7.14. The number of ether oxygens (including phenoxy) is 1. The molecule has 2 aliphatic rings. The molecule has 41 heavy (non-hydrogen) atoms. The van der Waals surface area contributed by atoms with Crippen molar-refractivity contribution in [3.8, 4) is 5.00 Å². The van der Waals surface area contributed by atoms with E-state index >= 15 is 0 Å². The molecule has 0 saturated heterocycles. The van der Waals surface area contributed by atoms with Crippen LogP contribution in [0.15, 0.2) is 52.6 Å². The summed E-state index contributed by atoms with van der Waals surface area (Å²) in [6.45, 7) is 10.6. The standard InChI is InChI=1S/C30H30ClN7O2S/c1-15(2)34-37-29-23-11-10-22(12-20(23)14-40-29)32-25(39)13-24-28-36-35-18(5)38(28)30-26(16(3)17(4)41-30)27(33-24)19-6-8-21(31)9-7-19/h6-12,15,24,34H,13-14H2,1-5H3,(H,32,39)/b37-29+/t24-/m0/s1. The monoisotopic (exact) mass is 587 g/mol. The fourth-order valence-corrected chi connectivity index (χ4v) is 6.36. The average Bonchev–Trinajstić information content (AvgIpc) is 3.58. The molecule has 0 saturated carbocycles. The van der Waals surface area contributed by atoms with Crippen LogP contribution in [0.1, 0.15) is 70.7 Å². The molecule has 0 radical (unpaired) electrons. The maximum absolute atomic E-state index is 13.5. The number of hydrazone groups is 1. The van der Waals surface area contributed by atoms with Gasteiger partial charge in [0.25, 0.3) is 0 Å². The normalized spacial score (nSPS) is 16.5. The lowest BCUT2D eigenvalue weighted by Crippen LogP contribution is -2.19. The Balaban J connectivity index is 1.33. The number of nitrogens with one attached hydrogen (secondary N) is 2. The van der Waals surface area contributed by atoms with Crippen LogP contribution in [0.4, 0.5) is 5.69 Å². The van der Waals surface area contributed by atoms with Crippen molar-refractivity contribution in [2.75, 3.05) is 5.32 Å². The van der Waals surface area contributed by atoms with Gasteiger partial charge in [-0.25, -0.2) is 0 Å². The molecule has 2 aromatic carbocycles. The summed E-state index contributed by atoms with van der Waals surface area (Å²) in [7, 11) is 0. The van der Waals surface area contributed by atoms with Gasteiger partial charge in [0.1, 0.15) is 23.5 Å². The van der Waals surface area contributed by atoms with Crippen molar-refractivity contribution in [1.29, 1.82) is 0 Å². The Hall–Kier alpha value is -4.02. The van der Waals surface area contributed by atoms with Crippen molar-refractivity contribution in [1.82, 2.24) is 20.2 Å². The Bertz CT molecular complexity index is 1720. The van der Waals surface area contributed by atoms with Crippen LogP contribution in [-0.2, 0) is 16.1 Å². The zero-order valence-electron chi connectivity index (χ0n) is 23.4. The number of carbonyl (C=O) groups excluding carboxylic acids is 1. The van der Waals surface area contributed by atoms with E-state index in [1.54, 1.807) is 11.3 Å². The largest absolute Gasteiger partial charge is 0.471 e. The number of aliphatic imine (C=N–C) groups is 1. The Morgan fingerprint density at radius 3 is 2.71 bits per heavy atom. The highest BCUT2D eigenvalue weighted by Crippen LogP contribution is 2.39. The van der Waals surface area contributed by atoms with Crippen LogP contribution in [-0.4, -0.2) is 38.3 Å². The van der Waals surface area contributed by atoms with Gasteiger partial charge in [0.05, 0.1) is 12.1 Å². The molecule has 11 heteroatoms. The average molecular weight is 588 g/mol. The fourth-order valence-electron chi connectivity index (χ4n) is 5.02. The Morgan fingerprint density at radius 1 is 1.17 bits per heavy atom. The molecule has 9 nitrogen and oxygen atoms in total. The summed E-state index contributed by atoms with van der Waals surface area (Å²) in [5.41, 5.74) is 9.53. The van der Waals surface area contributed by atoms with E-state index in [0.29, 0.717) is 29.0 Å². The molecular formula is C30H30ClN7O2S. The summed E-state index contributed by atoms with van der Waals surface area (Å²) in [4.78, 5) is 19.8. The first-order chi connectivity index (χ1) is 19.7. The Labute approximate surface area is 247 Å². The van der Waals surface area contributed by atoms with Crippen LogP contribution < -0.4 is 10.7 Å². The molecule has 2 aliphatic heterocycles. The molecule has 210 valence electrons. The fraction of sp³-hybridized carbons (Fsp3) is 0.300. The number of fused-ring (bicyclic) bond motifs is 4. The number of amides is 1. The van der Waals surface area contributed by atoms with Gasteiger partial charge in [-0.2, -0.15) is 0 Å². The number of hydrogen-bond acceptors (Lipinski definition) is 8. The summed E-state index contributed by atoms with van der Waals surface area (Å²) in [5, 5.41) is 17.9. The molecule has 2 aromatic heterocycles. The molecule has 0 unspecified atom stereocenters. The molecule has 0 spiro atoms. The van der Waals surface area contributed by atoms with Gasteiger partial charge in [-0.05, 0) is 70.5 Å². The van der Waals surface area contributed by atoms with Gasteiger partial charge in [-0.1, -0.05) is 23.7 Å². The lowest BCUT2D eigenvalue weighted by atomic mass is 9.99. The summed E-state index contributed by atoms with van der Waals surface area (Å²) >= 11 is 7.89. The van der Waals surface area contributed by atoms with Gasteiger partial charge in [-0.15, -0.1) is 26.6 Å². The van der Waals surface area contributed by atoms with Gasteiger partial charge in [0, 0.05) is 43.9 Å². The highest BCUT2D eigenvalue weighted by molar-refractivity contribution is 7.15. The maximum atomic E-state index is 13.5. The molecule has 0 bridgehead atoms. The van der Waals surface area contributed by atoms with Crippen molar-refractivity contribution in [2.24, 2.45) is 10.1 Å². The number of halogens is 1. The number of carbonyl (C=O) groups is 1. The molecular weight excluding hydrogens is 558 g/mol. The van der Waals surface area contributed by atoms with Crippen molar-refractivity contribution < 1.29 is 9.53 Å². The number of thiophene rings is 1. The lowest BCUT2D eigenvalue weighted by molar-refractivity contribution is -0.116. The number of benzene rings is 2. The zero-order valence-corrected chi connectivity index (χ0v) is 25.0. The molecule has 2 N–H and O–H groups in total. The Morgan fingerprint density at radius 2 is 1.95 bits per heavy atom. The van der Waals surface area contributed by atoms with E-state index in [0.717, 1.165) is 44.4 Å². The molecule has 4 aromatic rings. The van der Waals surface area contributed by atoms with E-state index in [4.69, 9.17) is 21.3 Å². The second-order valence-corrected chi connectivity index (χ2v) is 12.2. The highest BCUT2D eigenvalue weighted by Gasteiger charge is 2.32. The first-order valence-electron chi connectivity index (χ1n) is 13.4. The number of aromatic nitrogens is 3.